The highest BCUT2D eigenvalue weighted by molar-refractivity contribution is 6.02. The van der Waals surface area contributed by atoms with Gasteiger partial charge in [-0.05, 0) is 17.7 Å². The van der Waals surface area contributed by atoms with Crippen molar-refractivity contribution in [2.45, 2.75) is 6.04 Å². The zero-order valence-electron chi connectivity index (χ0n) is 15.4. The molecule has 1 heterocycles. The number of hydrogen-bond acceptors (Lipinski definition) is 7. The number of amides is 4. The molecule has 1 atom stereocenters. The van der Waals surface area contributed by atoms with Gasteiger partial charge in [-0.3, -0.25) is 0 Å². The number of methoxy groups -OCH3 is 2. The summed E-state index contributed by atoms with van der Waals surface area (Å²) in [5, 5.41) is 15.8. The molecule has 0 bridgehead atoms. The van der Waals surface area contributed by atoms with E-state index in [1.54, 1.807) is 0 Å². The number of esters is 1. The molecular formula is C17H18F2N4O6. The molecule has 2 rings (SSSR count). The molecule has 0 saturated carbocycles. The molecule has 156 valence electrons. The van der Waals surface area contributed by atoms with E-state index in [4.69, 9.17) is 14.7 Å². The first-order valence-electron chi connectivity index (χ1n) is 8.14. The predicted molar refractivity (Wildman–Crippen MR) is 94.1 cm³/mol. The molecule has 0 radical (unpaired) electrons. The Morgan fingerprint density at radius 2 is 2.07 bits per heavy atom. The first kappa shape index (κ1) is 21.8. The molecule has 0 aromatic heterocycles. The van der Waals surface area contributed by atoms with Crippen molar-refractivity contribution in [2.75, 3.05) is 27.4 Å². The molecule has 0 spiro atoms. The second-order valence-electron chi connectivity index (χ2n) is 5.68. The van der Waals surface area contributed by atoms with E-state index in [0.29, 0.717) is 4.90 Å². The zero-order chi connectivity index (χ0) is 21.6. The van der Waals surface area contributed by atoms with Gasteiger partial charge in [0.25, 0.3) is 0 Å². The third-order valence-electron chi connectivity index (χ3n) is 3.93. The van der Waals surface area contributed by atoms with E-state index in [2.05, 4.69) is 15.8 Å². The van der Waals surface area contributed by atoms with Crippen LogP contribution in [-0.2, 0) is 14.3 Å². The van der Waals surface area contributed by atoms with Crippen LogP contribution in [-0.4, -0.2) is 61.7 Å². The number of urea groups is 2. The second-order valence-corrected chi connectivity index (χ2v) is 5.68. The number of carbonyl (C=O) groups excluding carboxylic acids is 3. The van der Waals surface area contributed by atoms with Gasteiger partial charge < -0.3 is 25.3 Å². The number of halogens is 2. The van der Waals surface area contributed by atoms with Gasteiger partial charge in [0, 0.05) is 7.11 Å². The van der Waals surface area contributed by atoms with E-state index < -0.39 is 35.7 Å². The van der Waals surface area contributed by atoms with Crippen LogP contribution in [0.15, 0.2) is 34.6 Å². The maximum atomic E-state index is 13.9. The van der Waals surface area contributed by atoms with Gasteiger partial charge in [0.05, 0.1) is 37.7 Å². The van der Waals surface area contributed by atoms with E-state index in [1.807, 2.05) is 0 Å². The maximum absolute atomic E-state index is 13.9. The highest BCUT2D eigenvalue weighted by Crippen LogP contribution is 2.35. The Morgan fingerprint density at radius 3 is 2.66 bits per heavy atom. The van der Waals surface area contributed by atoms with Gasteiger partial charge in [-0.1, -0.05) is 6.07 Å². The fourth-order valence-corrected chi connectivity index (χ4v) is 2.74. The van der Waals surface area contributed by atoms with Crippen LogP contribution in [0.3, 0.4) is 0 Å². The molecule has 29 heavy (non-hydrogen) atoms. The van der Waals surface area contributed by atoms with E-state index >= 15 is 0 Å². The summed E-state index contributed by atoms with van der Waals surface area (Å²) in [6.07, 6.45) is 0.944. The minimum Gasteiger partial charge on any atom is -0.466 e. The van der Waals surface area contributed by atoms with Crippen molar-refractivity contribution in [3.63, 3.8) is 0 Å². The summed E-state index contributed by atoms with van der Waals surface area (Å²) in [4.78, 5) is 38.2. The number of imide groups is 1. The molecular weight excluding hydrogens is 394 g/mol. The van der Waals surface area contributed by atoms with E-state index in [0.717, 1.165) is 31.5 Å². The summed E-state index contributed by atoms with van der Waals surface area (Å²) in [7, 11) is 2.40. The number of oxime groups is 1. The third-order valence-corrected chi connectivity index (χ3v) is 3.93. The molecule has 10 nitrogen and oxygen atoms in total. The van der Waals surface area contributed by atoms with Gasteiger partial charge in [-0.15, -0.1) is 5.16 Å². The van der Waals surface area contributed by atoms with Gasteiger partial charge in [-0.2, -0.15) is 0 Å². The number of ether oxygens (including phenoxy) is 2. The molecule has 1 aromatic carbocycles. The van der Waals surface area contributed by atoms with Crippen molar-refractivity contribution in [3.8, 4) is 0 Å². The van der Waals surface area contributed by atoms with Crippen LogP contribution in [0.25, 0.3) is 0 Å². The van der Waals surface area contributed by atoms with Gasteiger partial charge >= 0.3 is 18.0 Å². The number of hydrogen-bond donors (Lipinski definition) is 3. The molecule has 1 aliphatic heterocycles. The van der Waals surface area contributed by atoms with Gasteiger partial charge in [0.1, 0.15) is 6.04 Å². The van der Waals surface area contributed by atoms with Crippen molar-refractivity contribution >= 4 is 24.2 Å². The maximum Gasteiger partial charge on any atom is 0.338 e. The van der Waals surface area contributed by atoms with Crippen molar-refractivity contribution < 1.29 is 37.8 Å². The normalized spacial score (nSPS) is 16.8. The molecule has 1 aliphatic rings. The van der Waals surface area contributed by atoms with Crippen LogP contribution in [0.1, 0.15) is 11.6 Å². The van der Waals surface area contributed by atoms with Crippen LogP contribution in [0.4, 0.5) is 18.4 Å². The zero-order valence-corrected chi connectivity index (χ0v) is 15.4. The Morgan fingerprint density at radius 1 is 1.34 bits per heavy atom. The minimum absolute atomic E-state index is 0.0000499. The van der Waals surface area contributed by atoms with Crippen LogP contribution < -0.4 is 10.6 Å². The fraction of sp³-hybridized carbons (Fsp3) is 0.294. The van der Waals surface area contributed by atoms with Crippen molar-refractivity contribution in [2.24, 2.45) is 5.16 Å². The molecule has 1 unspecified atom stereocenters. The highest BCUT2D eigenvalue weighted by Gasteiger charge is 2.43. The molecule has 4 amide bonds. The quantitative estimate of drug-likeness (QED) is 0.279. The first-order chi connectivity index (χ1) is 13.8. The Hall–Kier alpha value is -3.54. The summed E-state index contributed by atoms with van der Waals surface area (Å²) in [6, 6.07) is -0.682. The Bertz CT molecular complexity index is 873. The molecule has 3 N–H and O–H groups in total. The van der Waals surface area contributed by atoms with E-state index in [-0.39, 0.29) is 30.0 Å². The third kappa shape index (κ3) is 4.66. The lowest BCUT2D eigenvalue weighted by molar-refractivity contribution is -0.137. The lowest BCUT2D eigenvalue weighted by Gasteiger charge is -2.36. The summed E-state index contributed by atoms with van der Waals surface area (Å²) >= 11 is 0. The second kappa shape index (κ2) is 9.59. The molecule has 0 aliphatic carbocycles. The summed E-state index contributed by atoms with van der Waals surface area (Å²) in [5.41, 5.74) is -0.260. The Kier molecular flexibility index (Phi) is 7.20. The number of nitrogens with one attached hydrogen (secondary N) is 2. The van der Waals surface area contributed by atoms with Gasteiger partial charge in [0.15, 0.2) is 11.6 Å². The standard InChI is InChI=1S/C17H18F2N4O6/c1-28-8-12-13(15(24)29-2)14(9-3-4-10(18)11(19)7-9)23(17(26)22-12)16(25)20-5-6-21-27/h3-4,6-7,14,27H,5,8H2,1-2H3,(H,20,25)(H,22,26)/b21-6+. The van der Waals surface area contributed by atoms with Crippen LogP contribution >= 0.6 is 0 Å². The summed E-state index contributed by atoms with van der Waals surface area (Å²) < 4.78 is 37.0. The summed E-state index contributed by atoms with van der Waals surface area (Å²) in [5.74, 6) is -3.30. The molecule has 1 aromatic rings. The number of nitrogens with zero attached hydrogens (tertiary/aromatic N) is 2. The van der Waals surface area contributed by atoms with Crippen molar-refractivity contribution in [1.82, 2.24) is 15.5 Å². The van der Waals surface area contributed by atoms with E-state index in [1.165, 1.54) is 7.11 Å². The molecule has 12 heteroatoms. The monoisotopic (exact) mass is 412 g/mol. The first-order valence-corrected chi connectivity index (χ1v) is 8.14. The van der Waals surface area contributed by atoms with Crippen LogP contribution in [0, 0.1) is 11.6 Å². The Balaban J connectivity index is 2.64. The molecule has 0 fully saturated rings. The topological polar surface area (TPSA) is 130 Å². The molecule has 0 saturated heterocycles. The van der Waals surface area contributed by atoms with Crippen molar-refractivity contribution in [1.29, 1.82) is 0 Å². The van der Waals surface area contributed by atoms with Gasteiger partial charge in [0.2, 0.25) is 0 Å². The number of rotatable bonds is 6. The largest absolute Gasteiger partial charge is 0.466 e. The summed E-state index contributed by atoms with van der Waals surface area (Å²) in [6.45, 7) is -0.464. The number of carbonyl (C=O) groups is 3. The highest BCUT2D eigenvalue weighted by atomic mass is 19.2. The van der Waals surface area contributed by atoms with Crippen LogP contribution in [0.2, 0.25) is 0 Å². The van der Waals surface area contributed by atoms with Crippen molar-refractivity contribution in [3.05, 3.63) is 46.7 Å². The smallest absolute Gasteiger partial charge is 0.338 e. The Labute approximate surface area is 163 Å². The minimum atomic E-state index is -1.44. The lowest BCUT2D eigenvalue weighted by atomic mass is 9.93. The number of benzene rings is 1. The van der Waals surface area contributed by atoms with E-state index in [9.17, 15) is 23.2 Å². The average molecular weight is 412 g/mol. The van der Waals surface area contributed by atoms with Gasteiger partial charge in [-0.25, -0.2) is 28.1 Å². The SMILES string of the molecule is COCC1=C(C(=O)OC)C(c2ccc(F)c(F)c2)N(C(=O)NC/C=N/O)C(=O)N1. The van der Waals surface area contributed by atoms with Crippen LogP contribution in [0.5, 0.6) is 0 Å². The predicted octanol–water partition coefficient (Wildman–Crippen LogP) is 1.27. The average Bonchev–Trinajstić information content (AvgIpc) is 2.69. The fourth-order valence-electron chi connectivity index (χ4n) is 2.74. The lowest BCUT2D eigenvalue weighted by Crippen LogP contribution is -2.55.